The minimum atomic E-state index is -0.497. The van der Waals surface area contributed by atoms with Crippen molar-refractivity contribution in [3.8, 4) is 0 Å². The maximum absolute atomic E-state index is 11.3. The number of aromatic nitrogens is 1. The number of carbonyl (C=O) groups excluding carboxylic acids is 2. The van der Waals surface area contributed by atoms with E-state index in [2.05, 4.69) is 9.47 Å². The highest BCUT2D eigenvalue weighted by Crippen LogP contribution is 2.03. The van der Waals surface area contributed by atoms with Crippen LogP contribution in [0.5, 0.6) is 0 Å². The lowest BCUT2D eigenvalue weighted by atomic mass is 10.2. The zero-order valence-corrected chi connectivity index (χ0v) is 8.81. The quantitative estimate of drug-likeness (QED) is 0.512. The van der Waals surface area contributed by atoms with E-state index in [1.54, 1.807) is 23.9 Å². The van der Waals surface area contributed by atoms with E-state index < -0.39 is 11.9 Å². The van der Waals surface area contributed by atoms with Crippen LogP contribution in [-0.2, 0) is 16.5 Å². The molecule has 0 spiro atoms. The van der Waals surface area contributed by atoms with Gasteiger partial charge in [0.1, 0.15) is 7.05 Å². The van der Waals surface area contributed by atoms with Crippen LogP contribution in [-0.4, -0.2) is 26.2 Å². The fourth-order valence-electron chi connectivity index (χ4n) is 1.12. The summed E-state index contributed by atoms with van der Waals surface area (Å²) in [5.74, 6) is -0.982. The Kier molecular flexibility index (Phi) is 3.38. The molecule has 5 heteroatoms. The topological polar surface area (TPSA) is 56.5 Å². The van der Waals surface area contributed by atoms with Crippen LogP contribution in [0.15, 0.2) is 18.3 Å². The summed E-state index contributed by atoms with van der Waals surface area (Å²) in [6.45, 7) is 0. The van der Waals surface area contributed by atoms with E-state index in [9.17, 15) is 9.59 Å². The van der Waals surface area contributed by atoms with Gasteiger partial charge in [-0.1, -0.05) is 0 Å². The van der Waals surface area contributed by atoms with Crippen molar-refractivity contribution in [2.75, 3.05) is 14.2 Å². The second-order valence-corrected chi connectivity index (χ2v) is 2.89. The number of esters is 2. The first-order chi connectivity index (χ1) is 7.10. The monoisotopic (exact) mass is 210 g/mol. The van der Waals surface area contributed by atoms with Gasteiger partial charge in [-0.15, -0.1) is 0 Å². The molecule has 0 aliphatic carbocycles. The second kappa shape index (κ2) is 4.54. The molecule has 0 fully saturated rings. The van der Waals surface area contributed by atoms with Gasteiger partial charge in [-0.3, -0.25) is 0 Å². The molecule has 0 aromatic carbocycles. The Labute approximate surface area is 87.2 Å². The van der Waals surface area contributed by atoms with Crippen molar-refractivity contribution >= 4 is 11.9 Å². The minimum Gasteiger partial charge on any atom is -0.465 e. The summed E-state index contributed by atoms with van der Waals surface area (Å²) < 4.78 is 10.7. The third-order valence-corrected chi connectivity index (χ3v) is 1.97. The molecule has 5 nitrogen and oxygen atoms in total. The molecule has 80 valence electrons. The molecule has 1 aromatic rings. The number of methoxy groups -OCH3 is 2. The average Bonchev–Trinajstić information content (AvgIpc) is 2.27. The Hall–Kier alpha value is -1.91. The highest BCUT2D eigenvalue weighted by molar-refractivity contribution is 5.92. The predicted octanol–water partition coefficient (Wildman–Crippen LogP) is 0.0843. The van der Waals surface area contributed by atoms with Gasteiger partial charge in [0.05, 0.1) is 19.8 Å². The molecule has 0 saturated carbocycles. The van der Waals surface area contributed by atoms with Gasteiger partial charge in [-0.25, -0.2) is 9.59 Å². The van der Waals surface area contributed by atoms with Gasteiger partial charge in [0.2, 0.25) is 0 Å². The van der Waals surface area contributed by atoms with E-state index in [-0.39, 0.29) is 0 Å². The lowest BCUT2D eigenvalue weighted by molar-refractivity contribution is -0.674. The summed E-state index contributed by atoms with van der Waals surface area (Å²) in [5, 5.41) is 0. The first kappa shape index (κ1) is 11.2. The molecule has 1 aromatic heterocycles. The normalized spacial score (nSPS) is 9.53. The summed E-state index contributed by atoms with van der Waals surface area (Å²) in [7, 11) is 4.26. The van der Waals surface area contributed by atoms with Crippen LogP contribution in [0.2, 0.25) is 0 Å². The summed E-state index contributed by atoms with van der Waals surface area (Å²) in [6, 6.07) is 3.00. The molecule has 0 bridgehead atoms. The molecule has 0 saturated heterocycles. The SMILES string of the molecule is COC(=O)c1cc[n+](C)c(C(=O)OC)c1. The maximum atomic E-state index is 11.3. The molecule has 0 atom stereocenters. The van der Waals surface area contributed by atoms with Crippen molar-refractivity contribution in [2.45, 2.75) is 0 Å². The number of rotatable bonds is 2. The predicted molar refractivity (Wildman–Crippen MR) is 50.3 cm³/mol. The summed E-state index contributed by atoms with van der Waals surface area (Å²) in [5.41, 5.74) is 0.608. The van der Waals surface area contributed by atoms with E-state index in [1.807, 2.05) is 0 Å². The first-order valence-electron chi connectivity index (χ1n) is 4.26. The molecular formula is C10H12NO4+. The Morgan fingerprint density at radius 3 is 2.33 bits per heavy atom. The zero-order valence-electron chi connectivity index (χ0n) is 8.81. The van der Waals surface area contributed by atoms with Gasteiger partial charge in [0.15, 0.2) is 6.20 Å². The fraction of sp³-hybridized carbons (Fsp3) is 0.300. The van der Waals surface area contributed by atoms with Gasteiger partial charge in [-0.05, 0) is 0 Å². The molecular weight excluding hydrogens is 198 g/mol. The van der Waals surface area contributed by atoms with Crippen molar-refractivity contribution in [1.29, 1.82) is 0 Å². The van der Waals surface area contributed by atoms with E-state index >= 15 is 0 Å². The average molecular weight is 210 g/mol. The van der Waals surface area contributed by atoms with Gasteiger partial charge < -0.3 is 9.47 Å². The van der Waals surface area contributed by atoms with Crippen molar-refractivity contribution in [3.63, 3.8) is 0 Å². The van der Waals surface area contributed by atoms with Crippen LogP contribution in [0.25, 0.3) is 0 Å². The van der Waals surface area contributed by atoms with Crippen molar-refractivity contribution in [1.82, 2.24) is 0 Å². The highest BCUT2D eigenvalue weighted by atomic mass is 16.5. The largest absolute Gasteiger partial charge is 0.465 e. The van der Waals surface area contributed by atoms with Crippen molar-refractivity contribution in [3.05, 3.63) is 29.6 Å². The third-order valence-electron chi connectivity index (χ3n) is 1.97. The van der Waals surface area contributed by atoms with Crippen molar-refractivity contribution < 1.29 is 23.6 Å². The highest BCUT2D eigenvalue weighted by Gasteiger charge is 2.20. The molecule has 1 heterocycles. The number of hydrogen-bond donors (Lipinski definition) is 0. The van der Waals surface area contributed by atoms with Gasteiger partial charge in [0, 0.05) is 12.1 Å². The number of nitrogens with zero attached hydrogens (tertiary/aromatic N) is 1. The molecule has 0 aliphatic rings. The third kappa shape index (κ3) is 2.31. The van der Waals surface area contributed by atoms with E-state index in [4.69, 9.17) is 0 Å². The van der Waals surface area contributed by atoms with E-state index in [0.717, 1.165) is 0 Å². The van der Waals surface area contributed by atoms with Crippen molar-refractivity contribution in [2.24, 2.45) is 7.05 Å². The Balaban J connectivity index is 3.16. The molecule has 15 heavy (non-hydrogen) atoms. The maximum Gasteiger partial charge on any atom is 0.403 e. The Morgan fingerprint density at radius 1 is 1.20 bits per heavy atom. The van der Waals surface area contributed by atoms with Crippen LogP contribution >= 0.6 is 0 Å². The molecule has 0 unspecified atom stereocenters. The molecule has 1 rings (SSSR count). The van der Waals surface area contributed by atoms with Gasteiger partial charge >= 0.3 is 11.9 Å². The summed E-state index contributed by atoms with van der Waals surface area (Å²) in [4.78, 5) is 22.5. The number of ether oxygens (including phenoxy) is 2. The fourth-order valence-corrected chi connectivity index (χ4v) is 1.12. The summed E-state index contributed by atoms with van der Waals surface area (Å²) >= 11 is 0. The van der Waals surface area contributed by atoms with E-state index in [1.165, 1.54) is 20.3 Å². The minimum absolute atomic E-state index is 0.292. The van der Waals surface area contributed by atoms with E-state index in [0.29, 0.717) is 11.3 Å². The number of carbonyl (C=O) groups is 2. The van der Waals surface area contributed by atoms with Crippen LogP contribution in [0.3, 0.4) is 0 Å². The molecule has 0 N–H and O–H groups in total. The second-order valence-electron chi connectivity index (χ2n) is 2.89. The Morgan fingerprint density at radius 2 is 1.80 bits per heavy atom. The number of pyridine rings is 1. The lowest BCUT2D eigenvalue weighted by Gasteiger charge is -2.00. The van der Waals surface area contributed by atoms with Crippen LogP contribution in [0, 0.1) is 0 Å². The van der Waals surface area contributed by atoms with Gasteiger partial charge in [0.25, 0.3) is 5.69 Å². The smallest absolute Gasteiger partial charge is 0.403 e. The molecule has 0 radical (unpaired) electrons. The zero-order chi connectivity index (χ0) is 11.4. The number of hydrogen-bond acceptors (Lipinski definition) is 4. The standard InChI is InChI=1S/C10H12NO4/c1-11-5-4-7(9(12)14-2)6-8(11)10(13)15-3/h4-6H,1-3H3/q+1. The molecule has 0 aliphatic heterocycles. The van der Waals surface area contributed by atoms with Crippen LogP contribution in [0.4, 0.5) is 0 Å². The lowest BCUT2D eigenvalue weighted by Crippen LogP contribution is -2.36. The number of aryl methyl sites for hydroxylation is 1. The van der Waals surface area contributed by atoms with Crippen LogP contribution in [0.1, 0.15) is 20.8 Å². The van der Waals surface area contributed by atoms with Gasteiger partial charge in [-0.2, -0.15) is 4.57 Å². The first-order valence-corrected chi connectivity index (χ1v) is 4.26. The van der Waals surface area contributed by atoms with Crippen LogP contribution < -0.4 is 4.57 Å². The molecule has 0 amide bonds. The Bertz CT molecular complexity index is 400. The summed E-state index contributed by atoms with van der Waals surface area (Å²) in [6.07, 6.45) is 1.60.